The molecule has 1 aliphatic heterocycles. The maximum atomic E-state index is 13.3. The summed E-state index contributed by atoms with van der Waals surface area (Å²) in [5, 5.41) is 13.3. The molecular weight excluding hydrogens is 352 g/mol. The molecule has 1 unspecified atom stereocenters. The highest BCUT2D eigenvalue weighted by Crippen LogP contribution is 2.35. The first-order chi connectivity index (χ1) is 13.1. The predicted molar refractivity (Wildman–Crippen MR) is 93.4 cm³/mol. The number of pyridine rings is 1. The molecule has 0 spiro atoms. The highest BCUT2D eigenvalue weighted by atomic mass is 19.3. The van der Waals surface area contributed by atoms with Gasteiger partial charge in [-0.3, -0.25) is 0 Å². The van der Waals surface area contributed by atoms with Crippen LogP contribution < -0.4 is 4.90 Å². The Hall–Kier alpha value is -3.15. The summed E-state index contributed by atoms with van der Waals surface area (Å²) >= 11 is 0. The van der Waals surface area contributed by atoms with Crippen LogP contribution in [0.3, 0.4) is 0 Å². The first kappa shape index (κ1) is 17.3. The minimum absolute atomic E-state index is 0.0454. The summed E-state index contributed by atoms with van der Waals surface area (Å²) in [7, 11) is 0. The lowest BCUT2D eigenvalue weighted by Gasteiger charge is -2.38. The van der Waals surface area contributed by atoms with E-state index in [2.05, 4.69) is 37.9 Å². The molecule has 0 saturated carbocycles. The SMILES string of the molecule is C[C@@H]1CCN(c2cc(C#N)ccn2)CC1c1cc(C(F)F)nc2ncnn12. The summed E-state index contributed by atoms with van der Waals surface area (Å²) in [6, 6.07) is 6.95. The van der Waals surface area contributed by atoms with Gasteiger partial charge in [0.2, 0.25) is 0 Å². The molecule has 1 fully saturated rings. The average molecular weight is 369 g/mol. The average Bonchev–Trinajstić information content (AvgIpc) is 3.16. The lowest BCUT2D eigenvalue weighted by molar-refractivity contribution is 0.146. The molecule has 0 bridgehead atoms. The summed E-state index contributed by atoms with van der Waals surface area (Å²) in [6.45, 7) is 3.48. The van der Waals surface area contributed by atoms with E-state index in [1.54, 1.807) is 18.3 Å². The maximum Gasteiger partial charge on any atom is 0.280 e. The Morgan fingerprint density at radius 3 is 2.93 bits per heavy atom. The molecule has 1 aliphatic rings. The second kappa shape index (κ2) is 6.87. The molecule has 0 N–H and O–H groups in total. The van der Waals surface area contributed by atoms with Crippen molar-refractivity contribution in [3.05, 3.63) is 47.7 Å². The van der Waals surface area contributed by atoms with E-state index in [1.165, 1.54) is 16.9 Å². The molecular formula is C18H17F2N7. The zero-order valence-corrected chi connectivity index (χ0v) is 14.6. The summed E-state index contributed by atoms with van der Waals surface area (Å²) in [6.07, 6.45) is 1.13. The van der Waals surface area contributed by atoms with Crippen LogP contribution in [0, 0.1) is 17.2 Å². The number of fused-ring (bicyclic) bond motifs is 1. The topological polar surface area (TPSA) is 83.0 Å². The van der Waals surface area contributed by atoms with Crippen molar-refractivity contribution in [2.75, 3.05) is 18.0 Å². The van der Waals surface area contributed by atoms with E-state index < -0.39 is 6.43 Å². The van der Waals surface area contributed by atoms with Gasteiger partial charge in [0.05, 0.1) is 17.3 Å². The fourth-order valence-electron chi connectivity index (χ4n) is 3.55. The second-order valence-corrected chi connectivity index (χ2v) is 6.71. The Morgan fingerprint density at radius 2 is 2.15 bits per heavy atom. The van der Waals surface area contributed by atoms with Crippen molar-refractivity contribution in [1.29, 1.82) is 5.26 Å². The Bertz CT molecular complexity index is 1010. The zero-order chi connectivity index (χ0) is 19.0. The number of anilines is 1. The number of hydrogen-bond donors (Lipinski definition) is 0. The van der Waals surface area contributed by atoms with E-state index in [0.717, 1.165) is 13.0 Å². The Labute approximate surface area is 154 Å². The highest BCUT2D eigenvalue weighted by molar-refractivity contribution is 5.46. The molecule has 4 heterocycles. The van der Waals surface area contributed by atoms with E-state index in [-0.39, 0.29) is 23.3 Å². The minimum Gasteiger partial charge on any atom is -0.356 e. The third kappa shape index (κ3) is 3.18. The van der Waals surface area contributed by atoms with Crippen LogP contribution in [0.5, 0.6) is 0 Å². The molecule has 138 valence electrons. The number of rotatable bonds is 3. The van der Waals surface area contributed by atoms with Crippen LogP contribution in [0.15, 0.2) is 30.7 Å². The second-order valence-electron chi connectivity index (χ2n) is 6.71. The van der Waals surface area contributed by atoms with Gasteiger partial charge in [-0.1, -0.05) is 6.92 Å². The lowest BCUT2D eigenvalue weighted by Crippen LogP contribution is -2.39. The van der Waals surface area contributed by atoms with Crippen molar-refractivity contribution in [1.82, 2.24) is 24.6 Å². The normalized spacial score (nSPS) is 20.2. The van der Waals surface area contributed by atoms with Gasteiger partial charge in [-0.15, -0.1) is 0 Å². The van der Waals surface area contributed by atoms with Crippen LogP contribution in [0.2, 0.25) is 0 Å². The van der Waals surface area contributed by atoms with Gasteiger partial charge in [0.25, 0.3) is 12.2 Å². The van der Waals surface area contributed by atoms with Gasteiger partial charge in [-0.25, -0.2) is 23.3 Å². The number of aromatic nitrogens is 5. The number of nitrogens with zero attached hydrogens (tertiary/aromatic N) is 7. The number of piperidine rings is 1. The molecule has 2 atom stereocenters. The van der Waals surface area contributed by atoms with Crippen molar-refractivity contribution in [2.24, 2.45) is 5.92 Å². The molecule has 4 rings (SSSR count). The van der Waals surface area contributed by atoms with E-state index in [4.69, 9.17) is 5.26 Å². The third-order valence-electron chi connectivity index (χ3n) is 5.06. The number of alkyl halides is 2. The monoisotopic (exact) mass is 369 g/mol. The fraction of sp³-hybridized carbons (Fsp3) is 0.389. The van der Waals surface area contributed by atoms with Gasteiger partial charge < -0.3 is 4.90 Å². The van der Waals surface area contributed by atoms with Crippen molar-refractivity contribution in [2.45, 2.75) is 25.7 Å². The summed E-state index contributed by atoms with van der Waals surface area (Å²) in [5.41, 5.74) is 0.915. The summed E-state index contributed by atoms with van der Waals surface area (Å²) in [4.78, 5) is 14.3. The Kier molecular flexibility index (Phi) is 4.39. The van der Waals surface area contributed by atoms with E-state index >= 15 is 0 Å². The van der Waals surface area contributed by atoms with Crippen molar-refractivity contribution >= 4 is 11.6 Å². The molecule has 1 saturated heterocycles. The largest absolute Gasteiger partial charge is 0.356 e. The van der Waals surface area contributed by atoms with Gasteiger partial charge in [-0.05, 0) is 30.5 Å². The van der Waals surface area contributed by atoms with Crippen LogP contribution in [0.1, 0.15) is 42.6 Å². The van der Waals surface area contributed by atoms with Crippen LogP contribution >= 0.6 is 0 Å². The third-order valence-corrected chi connectivity index (χ3v) is 5.06. The number of hydrogen-bond acceptors (Lipinski definition) is 6. The molecule has 9 heteroatoms. The van der Waals surface area contributed by atoms with Gasteiger partial charge in [0.15, 0.2) is 0 Å². The maximum absolute atomic E-state index is 13.3. The van der Waals surface area contributed by atoms with Crippen molar-refractivity contribution < 1.29 is 8.78 Å². The quantitative estimate of drug-likeness (QED) is 0.706. The highest BCUT2D eigenvalue weighted by Gasteiger charge is 2.31. The fourth-order valence-corrected chi connectivity index (χ4v) is 3.55. The van der Waals surface area contributed by atoms with Gasteiger partial charge in [0, 0.05) is 25.2 Å². The van der Waals surface area contributed by atoms with Crippen LogP contribution in [-0.2, 0) is 0 Å². The Balaban J connectivity index is 1.73. The number of nitriles is 1. The molecule has 0 radical (unpaired) electrons. The first-order valence-corrected chi connectivity index (χ1v) is 8.66. The summed E-state index contributed by atoms with van der Waals surface area (Å²) in [5.74, 6) is 1.11. The first-order valence-electron chi connectivity index (χ1n) is 8.66. The van der Waals surface area contributed by atoms with Gasteiger partial charge in [-0.2, -0.15) is 15.3 Å². The smallest absolute Gasteiger partial charge is 0.280 e. The summed E-state index contributed by atoms with van der Waals surface area (Å²) < 4.78 is 28.1. The molecule has 27 heavy (non-hydrogen) atoms. The van der Waals surface area contributed by atoms with Gasteiger partial charge in [0.1, 0.15) is 17.8 Å². The number of halogens is 2. The van der Waals surface area contributed by atoms with Gasteiger partial charge >= 0.3 is 0 Å². The molecule has 3 aromatic rings. The molecule has 0 aliphatic carbocycles. The standard InChI is InChI=1S/C18H17F2N7/c1-11-3-5-26(16-6-12(8-21)2-4-22-16)9-13(11)15-7-14(17(19)20)25-18-23-10-24-27(15)18/h2,4,6-7,10-11,13,17H,3,5,9H2,1H3/t11-,13?/m1/s1. The molecule has 0 aromatic carbocycles. The van der Waals surface area contributed by atoms with Crippen LogP contribution in [0.25, 0.3) is 5.78 Å². The zero-order valence-electron chi connectivity index (χ0n) is 14.6. The van der Waals surface area contributed by atoms with Crippen LogP contribution in [0.4, 0.5) is 14.6 Å². The minimum atomic E-state index is -2.67. The van der Waals surface area contributed by atoms with Crippen molar-refractivity contribution in [3.8, 4) is 6.07 Å². The van der Waals surface area contributed by atoms with Crippen molar-refractivity contribution in [3.63, 3.8) is 0 Å². The predicted octanol–water partition coefficient (Wildman–Crippen LogP) is 2.96. The van der Waals surface area contributed by atoms with E-state index in [0.29, 0.717) is 23.6 Å². The van der Waals surface area contributed by atoms with E-state index in [9.17, 15) is 8.78 Å². The van der Waals surface area contributed by atoms with Crippen LogP contribution in [-0.4, -0.2) is 37.7 Å². The molecule has 0 amide bonds. The molecule has 7 nitrogen and oxygen atoms in total. The molecule has 3 aromatic heterocycles. The Morgan fingerprint density at radius 1 is 1.30 bits per heavy atom. The lowest BCUT2D eigenvalue weighted by atomic mass is 9.84. The van der Waals surface area contributed by atoms with E-state index in [1.807, 2.05) is 0 Å².